The lowest BCUT2D eigenvalue weighted by Gasteiger charge is -2.47. The number of piperidine rings is 1. The highest BCUT2D eigenvalue weighted by molar-refractivity contribution is 5.89. The molecule has 3 aliphatic rings. The second-order valence-corrected chi connectivity index (χ2v) is 12.0. The molecule has 0 spiro atoms. The molecule has 3 unspecified atom stereocenters. The number of benzene rings is 1. The topological polar surface area (TPSA) is 28.5 Å². The van der Waals surface area contributed by atoms with Crippen LogP contribution < -0.4 is 0 Å². The van der Waals surface area contributed by atoms with E-state index in [1.54, 1.807) is 0 Å². The monoisotopic (exact) mass is 475 g/mol. The Labute approximate surface area is 212 Å². The average molecular weight is 476 g/mol. The Kier molecular flexibility index (Phi) is 7.12. The van der Waals surface area contributed by atoms with Crippen molar-refractivity contribution < 1.29 is 4.79 Å². The Bertz CT molecular complexity index is 1070. The van der Waals surface area contributed by atoms with Crippen molar-refractivity contribution in [2.75, 3.05) is 20.1 Å². The average Bonchev–Trinajstić information content (AvgIpc) is 3.21. The van der Waals surface area contributed by atoms with Gasteiger partial charge in [0.2, 0.25) is 5.91 Å². The van der Waals surface area contributed by atoms with Gasteiger partial charge in [-0.15, -0.1) is 6.58 Å². The lowest BCUT2D eigenvalue weighted by atomic mass is 9.72. The lowest BCUT2D eigenvalue weighted by Crippen LogP contribution is -2.54. The molecule has 0 radical (unpaired) electrons. The Morgan fingerprint density at radius 3 is 2.77 bits per heavy atom. The molecule has 2 aromatic rings. The van der Waals surface area contributed by atoms with E-state index in [9.17, 15) is 4.79 Å². The summed E-state index contributed by atoms with van der Waals surface area (Å²) in [5.41, 5.74) is 4.29. The number of nitrogens with zero attached hydrogens (tertiary/aromatic N) is 3. The highest BCUT2D eigenvalue weighted by Crippen LogP contribution is 2.46. The molecule has 190 valence electrons. The van der Waals surface area contributed by atoms with Crippen LogP contribution in [0.25, 0.3) is 10.9 Å². The van der Waals surface area contributed by atoms with Gasteiger partial charge in [-0.1, -0.05) is 50.8 Å². The summed E-state index contributed by atoms with van der Waals surface area (Å²) in [6.45, 7) is 12.7. The third-order valence-corrected chi connectivity index (χ3v) is 9.30. The van der Waals surface area contributed by atoms with E-state index in [0.29, 0.717) is 35.9 Å². The fourth-order valence-corrected chi connectivity index (χ4v) is 7.48. The minimum atomic E-state index is 0.0611. The Balaban J connectivity index is 1.44. The van der Waals surface area contributed by atoms with E-state index < -0.39 is 0 Å². The number of aromatic nitrogens is 1. The van der Waals surface area contributed by atoms with Gasteiger partial charge in [0.1, 0.15) is 0 Å². The molecule has 0 bridgehead atoms. The van der Waals surface area contributed by atoms with Crippen molar-refractivity contribution >= 4 is 16.8 Å². The maximum atomic E-state index is 14.0. The van der Waals surface area contributed by atoms with Crippen LogP contribution in [-0.2, 0) is 11.2 Å². The molecule has 4 heteroatoms. The van der Waals surface area contributed by atoms with Crippen molar-refractivity contribution in [3.05, 3.63) is 48.2 Å². The van der Waals surface area contributed by atoms with Crippen molar-refractivity contribution in [2.45, 2.75) is 96.2 Å². The molecule has 0 N–H and O–H groups in total. The summed E-state index contributed by atoms with van der Waals surface area (Å²) in [6.07, 6.45) is 14.0. The molecular formula is C31H45N3O. The van der Waals surface area contributed by atoms with Crippen LogP contribution >= 0.6 is 0 Å². The number of carbonyl (C=O) groups excluding carboxylic acids is 1. The number of carbonyl (C=O) groups is 1. The standard InChI is InChI=1S/C31H45N3O/c1-6-15-33-19-24(31(35)32(5)25-12-9-7-8-11-22(4)16-25)17-27-26-13-10-14-28-30(26)23(18-29(27)33)20-34(28)21(2)3/h6,10,13-14,20-22,24-25,27,29H,1,7-9,11-12,15-19H2,2-5H3/t22?,24-,25?,27?,29-/m1/s1. The zero-order chi connectivity index (χ0) is 24.7. The van der Waals surface area contributed by atoms with Crippen LogP contribution in [-0.4, -0.2) is 52.5 Å². The van der Waals surface area contributed by atoms with Crippen molar-refractivity contribution in [1.29, 1.82) is 0 Å². The van der Waals surface area contributed by atoms with Gasteiger partial charge < -0.3 is 9.47 Å². The third-order valence-electron chi connectivity index (χ3n) is 9.30. The van der Waals surface area contributed by atoms with Gasteiger partial charge >= 0.3 is 0 Å². The summed E-state index contributed by atoms with van der Waals surface area (Å²) in [5.74, 6) is 1.54. The first-order valence-corrected chi connectivity index (χ1v) is 14.1. The molecular weight excluding hydrogens is 430 g/mol. The lowest BCUT2D eigenvalue weighted by molar-refractivity contribution is -0.139. The van der Waals surface area contributed by atoms with Crippen LogP contribution in [0.2, 0.25) is 0 Å². The molecule has 1 saturated carbocycles. The van der Waals surface area contributed by atoms with Crippen molar-refractivity contribution in [3.63, 3.8) is 0 Å². The largest absolute Gasteiger partial charge is 0.345 e. The molecule has 5 atom stereocenters. The number of hydrogen-bond donors (Lipinski definition) is 0. The summed E-state index contributed by atoms with van der Waals surface area (Å²) in [5, 5.41) is 1.45. The molecule has 2 heterocycles. The molecule has 35 heavy (non-hydrogen) atoms. The Morgan fingerprint density at radius 1 is 1.20 bits per heavy atom. The summed E-state index contributed by atoms with van der Waals surface area (Å²) in [4.78, 5) is 18.7. The second-order valence-electron chi connectivity index (χ2n) is 12.0. The maximum absolute atomic E-state index is 14.0. The summed E-state index contributed by atoms with van der Waals surface area (Å²) >= 11 is 0. The fourth-order valence-electron chi connectivity index (χ4n) is 7.48. The van der Waals surface area contributed by atoms with E-state index in [0.717, 1.165) is 38.8 Å². The van der Waals surface area contributed by atoms with Crippen LogP contribution in [0.5, 0.6) is 0 Å². The van der Waals surface area contributed by atoms with Crippen LogP contribution in [0.3, 0.4) is 0 Å². The van der Waals surface area contributed by atoms with Crippen molar-refractivity contribution in [1.82, 2.24) is 14.4 Å². The maximum Gasteiger partial charge on any atom is 0.226 e. The van der Waals surface area contributed by atoms with Gasteiger partial charge in [-0.2, -0.15) is 0 Å². The van der Waals surface area contributed by atoms with Crippen molar-refractivity contribution in [2.24, 2.45) is 11.8 Å². The number of fused-ring (bicyclic) bond motifs is 2. The zero-order valence-corrected chi connectivity index (χ0v) is 22.4. The Hall–Kier alpha value is -2.07. The molecule has 1 aromatic heterocycles. The van der Waals surface area contributed by atoms with Crippen molar-refractivity contribution in [3.8, 4) is 0 Å². The molecule has 1 saturated heterocycles. The Morgan fingerprint density at radius 2 is 2.00 bits per heavy atom. The second kappa shape index (κ2) is 10.1. The number of amides is 1. The van der Waals surface area contributed by atoms with Gasteiger partial charge in [-0.3, -0.25) is 9.69 Å². The molecule has 2 aliphatic carbocycles. The number of hydrogen-bond acceptors (Lipinski definition) is 2. The first kappa shape index (κ1) is 24.6. The van der Waals surface area contributed by atoms with Gasteiger partial charge in [0.05, 0.1) is 5.92 Å². The minimum absolute atomic E-state index is 0.0611. The number of likely N-dealkylation sites (tertiary alicyclic amines) is 1. The summed E-state index contributed by atoms with van der Waals surface area (Å²) < 4.78 is 2.44. The fraction of sp³-hybridized carbons (Fsp3) is 0.645. The number of rotatable bonds is 5. The van der Waals surface area contributed by atoms with Gasteiger partial charge in [0.15, 0.2) is 0 Å². The summed E-state index contributed by atoms with van der Waals surface area (Å²) in [6, 6.07) is 8.13. The van der Waals surface area contributed by atoms with Crippen LogP contribution in [0.15, 0.2) is 37.1 Å². The third kappa shape index (κ3) is 4.59. The highest BCUT2D eigenvalue weighted by Gasteiger charge is 2.43. The van der Waals surface area contributed by atoms with E-state index in [2.05, 4.69) is 73.2 Å². The predicted octanol–water partition coefficient (Wildman–Crippen LogP) is 6.56. The van der Waals surface area contributed by atoms with Gasteiger partial charge in [0, 0.05) is 61.3 Å². The normalized spacial score (nSPS) is 29.5. The predicted molar refractivity (Wildman–Crippen MR) is 146 cm³/mol. The zero-order valence-electron chi connectivity index (χ0n) is 22.4. The molecule has 4 nitrogen and oxygen atoms in total. The SMILES string of the molecule is C=CCN1C[C@H](C(=O)N(C)C2CCCCCC(C)C2)CC2c3cccc4c3c(cn4C(C)C)C[C@H]21. The first-order chi connectivity index (χ1) is 16.9. The van der Waals surface area contributed by atoms with E-state index in [-0.39, 0.29) is 5.92 Å². The first-order valence-electron chi connectivity index (χ1n) is 14.1. The van der Waals surface area contributed by atoms with E-state index in [1.165, 1.54) is 47.7 Å². The van der Waals surface area contributed by atoms with Gasteiger partial charge in [-0.25, -0.2) is 0 Å². The molecule has 1 amide bonds. The van der Waals surface area contributed by atoms with Crippen LogP contribution in [0, 0.1) is 11.8 Å². The smallest absolute Gasteiger partial charge is 0.226 e. The van der Waals surface area contributed by atoms with Crippen LogP contribution in [0.1, 0.15) is 88.8 Å². The van der Waals surface area contributed by atoms with Gasteiger partial charge in [-0.05, 0) is 62.6 Å². The van der Waals surface area contributed by atoms with E-state index in [1.807, 2.05) is 6.08 Å². The quantitative estimate of drug-likeness (QED) is 0.458. The van der Waals surface area contributed by atoms with Crippen LogP contribution in [0.4, 0.5) is 0 Å². The van der Waals surface area contributed by atoms with E-state index in [4.69, 9.17) is 0 Å². The minimum Gasteiger partial charge on any atom is -0.345 e. The highest BCUT2D eigenvalue weighted by atomic mass is 16.2. The van der Waals surface area contributed by atoms with Gasteiger partial charge in [0.25, 0.3) is 0 Å². The molecule has 1 aromatic carbocycles. The molecule has 1 aliphatic heterocycles. The molecule has 2 fully saturated rings. The summed E-state index contributed by atoms with van der Waals surface area (Å²) in [7, 11) is 2.09. The molecule has 5 rings (SSSR count). The van der Waals surface area contributed by atoms with E-state index >= 15 is 0 Å².